The van der Waals surface area contributed by atoms with Gasteiger partial charge in [-0.1, -0.05) is 27.5 Å². The number of hydrogen-bond acceptors (Lipinski definition) is 5. The third kappa shape index (κ3) is 5.79. The van der Waals surface area contributed by atoms with Gasteiger partial charge in [0.05, 0.1) is 18.2 Å². The van der Waals surface area contributed by atoms with Crippen molar-refractivity contribution in [2.24, 2.45) is 0 Å². The maximum atomic E-state index is 12.5. The molecule has 0 unspecified atom stereocenters. The second-order valence-corrected chi connectivity index (χ2v) is 8.33. The molecule has 0 spiro atoms. The van der Waals surface area contributed by atoms with Crippen LogP contribution in [0.1, 0.15) is 21.9 Å². The summed E-state index contributed by atoms with van der Waals surface area (Å²) >= 11 is 9.52. The number of carbonyl (C=O) groups excluding carboxylic acids is 1. The molecule has 1 aliphatic heterocycles. The van der Waals surface area contributed by atoms with Crippen LogP contribution in [0.3, 0.4) is 0 Å². The molecule has 0 N–H and O–H groups in total. The number of ketones is 1. The average Bonchev–Trinajstić information content (AvgIpc) is 3.25. The Kier molecular flexibility index (Phi) is 7.12. The molecule has 1 aliphatic rings. The SMILES string of the molecule is O=C(/C=C/c1ccc(COc2ccc(Br)cc2Cl)o1)c1ccc(N2CCOCC2)cc1. The van der Waals surface area contributed by atoms with Gasteiger partial charge in [0.2, 0.25) is 0 Å². The van der Waals surface area contributed by atoms with Gasteiger partial charge in [-0.15, -0.1) is 0 Å². The van der Waals surface area contributed by atoms with Crippen LogP contribution in [-0.4, -0.2) is 32.1 Å². The molecule has 0 atom stereocenters. The monoisotopic (exact) mass is 501 g/mol. The van der Waals surface area contributed by atoms with Crippen molar-refractivity contribution < 1.29 is 18.7 Å². The van der Waals surface area contributed by atoms with Crippen molar-refractivity contribution in [1.29, 1.82) is 0 Å². The third-order valence-electron chi connectivity index (χ3n) is 4.87. The molecule has 5 nitrogen and oxygen atoms in total. The van der Waals surface area contributed by atoms with E-state index in [0.29, 0.717) is 27.9 Å². The van der Waals surface area contributed by atoms with E-state index in [1.54, 1.807) is 24.3 Å². The molecule has 160 valence electrons. The molecule has 4 rings (SSSR count). The molecule has 1 fully saturated rings. The first-order valence-corrected chi connectivity index (χ1v) is 11.1. The van der Waals surface area contributed by atoms with E-state index in [9.17, 15) is 4.79 Å². The molecular formula is C24H21BrClNO4. The highest BCUT2D eigenvalue weighted by Crippen LogP contribution is 2.28. The van der Waals surface area contributed by atoms with Crippen LogP contribution >= 0.6 is 27.5 Å². The Bertz CT molecular complexity index is 1070. The van der Waals surface area contributed by atoms with E-state index in [4.69, 9.17) is 25.5 Å². The minimum absolute atomic E-state index is 0.0793. The Hall–Kier alpha value is -2.54. The number of halogens is 2. The number of furan rings is 1. The molecular weight excluding hydrogens is 482 g/mol. The van der Waals surface area contributed by atoms with Crippen LogP contribution in [-0.2, 0) is 11.3 Å². The number of hydrogen-bond donors (Lipinski definition) is 0. The minimum Gasteiger partial charge on any atom is -0.484 e. The van der Waals surface area contributed by atoms with Gasteiger partial charge in [0.1, 0.15) is 23.9 Å². The van der Waals surface area contributed by atoms with Crippen molar-refractivity contribution in [1.82, 2.24) is 0 Å². The average molecular weight is 503 g/mol. The highest BCUT2D eigenvalue weighted by molar-refractivity contribution is 9.10. The van der Waals surface area contributed by atoms with Gasteiger partial charge in [0.15, 0.2) is 5.78 Å². The summed E-state index contributed by atoms with van der Waals surface area (Å²) in [4.78, 5) is 14.7. The number of rotatable bonds is 7. The van der Waals surface area contributed by atoms with E-state index in [1.807, 2.05) is 36.4 Å². The first-order chi connectivity index (χ1) is 15.1. The standard InChI is InChI=1S/C24H21BrClNO4/c25-18-3-10-24(22(26)15-18)30-16-21-7-6-20(31-21)8-9-23(28)17-1-4-19(5-2-17)27-11-13-29-14-12-27/h1-10,15H,11-14,16H2/b9-8+. The zero-order valence-corrected chi connectivity index (χ0v) is 19.1. The Morgan fingerprint density at radius 1 is 1.10 bits per heavy atom. The van der Waals surface area contributed by atoms with Crippen molar-refractivity contribution >= 4 is 45.1 Å². The van der Waals surface area contributed by atoms with E-state index in [2.05, 4.69) is 20.8 Å². The number of nitrogens with zero attached hydrogens (tertiary/aromatic N) is 1. The summed E-state index contributed by atoms with van der Waals surface area (Å²) in [6, 6.07) is 16.7. The molecule has 0 bridgehead atoms. The van der Waals surface area contributed by atoms with Crippen LogP contribution in [0.5, 0.6) is 5.75 Å². The predicted octanol–water partition coefficient (Wildman–Crippen LogP) is 6.01. The van der Waals surface area contributed by atoms with Gasteiger partial charge in [-0.25, -0.2) is 0 Å². The first kappa shape index (κ1) is 21.7. The molecule has 0 saturated carbocycles. The molecule has 3 aromatic rings. The zero-order valence-electron chi connectivity index (χ0n) is 16.7. The summed E-state index contributed by atoms with van der Waals surface area (Å²) in [5.41, 5.74) is 1.73. The molecule has 7 heteroatoms. The van der Waals surface area contributed by atoms with Gasteiger partial charge in [-0.3, -0.25) is 4.79 Å². The van der Waals surface area contributed by atoms with Gasteiger partial charge in [-0.05, 0) is 66.7 Å². The smallest absolute Gasteiger partial charge is 0.185 e. The number of benzene rings is 2. The van der Waals surface area contributed by atoms with E-state index in [-0.39, 0.29) is 12.4 Å². The van der Waals surface area contributed by atoms with Crippen molar-refractivity contribution in [3.63, 3.8) is 0 Å². The Balaban J connectivity index is 1.33. The fourth-order valence-electron chi connectivity index (χ4n) is 3.21. The molecule has 0 radical (unpaired) electrons. The topological polar surface area (TPSA) is 51.9 Å². The second-order valence-electron chi connectivity index (χ2n) is 7.01. The van der Waals surface area contributed by atoms with Crippen molar-refractivity contribution in [2.45, 2.75) is 6.61 Å². The lowest BCUT2D eigenvalue weighted by atomic mass is 10.1. The van der Waals surface area contributed by atoms with Crippen molar-refractivity contribution in [3.05, 3.63) is 87.3 Å². The highest BCUT2D eigenvalue weighted by atomic mass is 79.9. The maximum absolute atomic E-state index is 12.5. The van der Waals surface area contributed by atoms with Crippen LogP contribution in [0.4, 0.5) is 5.69 Å². The molecule has 31 heavy (non-hydrogen) atoms. The van der Waals surface area contributed by atoms with Crippen LogP contribution < -0.4 is 9.64 Å². The van der Waals surface area contributed by atoms with Crippen LogP contribution in [0.25, 0.3) is 6.08 Å². The van der Waals surface area contributed by atoms with E-state index in [1.165, 1.54) is 6.08 Å². The van der Waals surface area contributed by atoms with Gasteiger partial charge >= 0.3 is 0 Å². The fraction of sp³-hybridized carbons (Fsp3) is 0.208. The summed E-state index contributed by atoms with van der Waals surface area (Å²) in [6.45, 7) is 3.44. The number of ether oxygens (including phenoxy) is 2. The normalized spacial score (nSPS) is 14.2. The minimum atomic E-state index is -0.0793. The molecule has 1 saturated heterocycles. The number of carbonyl (C=O) groups is 1. The van der Waals surface area contributed by atoms with Crippen LogP contribution in [0, 0.1) is 0 Å². The predicted molar refractivity (Wildman–Crippen MR) is 125 cm³/mol. The summed E-state index contributed by atoms with van der Waals surface area (Å²) in [7, 11) is 0. The van der Waals surface area contributed by atoms with Gasteiger partial charge < -0.3 is 18.8 Å². The highest BCUT2D eigenvalue weighted by Gasteiger charge is 2.12. The molecule has 1 aromatic heterocycles. The lowest BCUT2D eigenvalue weighted by Crippen LogP contribution is -2.36. The van der Waals surface area contributed by atoms with Gasteiger partial charge in [0.25, 0.3) is 0 Å². The zero-order chi connectivity index (χ0) is 21.6. The van der Waals surface area contributed by atoms with E-state index < -0.39 is 0 Å². The van der Waals surface area contributed by atoms with E-state index in [0.717, 1.165) is 36.5 Å². The van der Waals surface area contributed by atoms with Gasteiger partial charge in [0, 0.05) is 28.8 Å². The van der Waals surface area contributed by atoms with E-state index >= 15 is 0 Å². The van der Waals surface area contributed by atoms with Crippen LogP contribution in [0.15, 0.2) is 69.6 Å². The number of anilines is 1. The Morgan fingerprint density at radius 2 is 1.87 bits per heavy atom. The van der Waals surface area contributed by atoms with Crippen molar-refractivity contribution in [3.8, 4) is 5.75 Å². The second kappa shape index (κ2) is 10.2. The lowest BCUT2D eigenvalue weighted by molar-refractivity contribution is 0.104. The molecule has 0 amide bonds. The first-order valence-electron chi connectivity index (χ1n) is 9.90. The summed E-state index contributed by atoms with van der Waals surface area (Å²) in [5, 5.41) is 0.520. The molecule has 2 aromatic carbocycles. The van der Waals surface area contributed by atoms with Crippen LogP contribution in [0.2, 0.25) is 5.02 Å². The third-order valence-corrected chi connectivity index (χ3v) is 5.66. The Morgan fingerprint density at radius 3 is 2.61 bits per heavy atom. The number of allylic oxidation sites excluding steroid dienone is 1. The van der Waals surface area contributed by atoms with Gasteiger partial charge in [-0.2, -0.15) is 0 Å². The molecule has 0 aliphatic carbocycles. The van der Waals surface area contributed by atoms with Crippen molar-refractivity contribution in [2.75, 3.05) is 31.2 Å². The lowest BCUT2D eigenvalue weighted by Gasteiger charge is -2.28. The Labute approximate surface area is 194 Å². The molecule has 2 heterocycles. The number of morpholine rings is 1. The summed E-state index contributed by atoms with van der Waals surface area (Å²) in [5.74, 6) is 1.72. The quantitative estimate of drug-likeness (QED) is 0.293. The largest absolute Gasteiger partial charge is 0.484 e. The maximum Gasteiger partial charge on any atom is 0.185 e. The fourth-order valence-corrected chi connectivity index (χ4v) is 3.94. The summed E-state index contributed by atoms with van der Waals surface area (Å²) in [6.07, 6.45) is 3.17. The summed E-state index contributed by atoms with van der Waals surface area (Å²) < 4.78 is 17.7.